The van der Waals surface area contributed by atoms with Crippen molar-refractivity contribution in [3.63, 3.8) is 0 Å². The number of para-hydroxylation sites is 1. The molecule has 23 heavy (non-hydrogen) atoms. The van der Waals surface area contributed by atoms with Crippen molar-refractivity contribution in [1.82, 2.24) is 4.98 Å². The van der Waals surface area contributed by atoms with Gasteiger partial charge in [0.25, 0.3) is 0 Å². The molecule has 1 aromatic heterocycles. The van der Waals surface area contributed by atoms with Gasteiger partial charge in [-0.25, -0.2) is 4.98 Å². The minimum absolute atomic E-state index is 0.417. The highest BCUT2D eigenvalue weighted by Crippen LogP contribution is 2.31. The highest BCUT2D eigenvalue weighted by atomic mass is 16.5. The van der Waals surface area contributed by atoms with Crippen LogP contribution in [0, 0.1) is 0 Å². The summed E-state index contributed by atoms with van der Waals surface area (Å²) in [5.74, 6) is 1.19. The zero-order chi connectivity index (χ0) is 16.1. The van der Waals surface area contributed by atoms with Crippen molar-refractivity contribution in [3.8, 4) is 22.9 Å². The Balaban J connectivity index is 1.88. The highest BCUT2D eigenvalue weighted by molar-refractivity contribution is 5.69. The van der Waals surface area contributed by atoms with E-state index < -0.39 is 0 Å². The van der Waals surface area contributed by atoms with Gasteiger partial charge < -0.3 is 15.2 Å². The van der Waals surface area contributed by atoms with Crippen LogP contribution < -0.4 is 15.2 Å². The average molecular weight is 306 g/mol. The molecular weight excluding hydrogens is 288 g/mol. The number of hydrogen-bond donors (Lipinski definition) is 1. The summed E-state index contributed by atoms with van der Waals surface area (Å²) >= 11 is 0. The SMILES string of the molecule is COc1nc(-c2ccccc2OCc2ccccc2)ccc1N. The molecule has 0 saturated heterocycles. The van der Waals surface area contributed by atoms with Gasteiger partial charge in [0.15, 0.2) is 0 Å². The molecule has 2 N–H and O–H groups in total. The van der Waals surface area contributed by atoms with Crippen molar-refractivity contribution in [2.45, 2.75) is 6.61 Å². The Morgan fingerprint density at radius 2 is 1.65 bits per heavy atom. The third kappa shape index (κ3) is 3.43. The summed E-state index contributed by atoms with van der Waals surface area (Å²) in [6.45, 7) is 0.504. The molecule has 0 spiro atoms. The van der Waals surface area contributed by atoms with Gasteiger partial charge in [-0.1, -0.05) is 42.5 Å². The first-order chi connectivity index (χ1) is 11.3. The molecule has 0 radical (unpaired) electrons. The highest BCUT2D eigenvalue weighted by Gasteiger charge is 2.10. The minimum atomic E-state index is 0.417. The molecule has 1 heterocycles. The average Bonchev–Trinajstić information content (AvgIpc) is 2.61. The number of nitrogens with two attached hydrogens (primary N) is 1. The molecule has 0 unspecified atom stereocenters. The van der Waals surface area contributed by atoms with E-state index in [1.807, 2.05) is 60.7 Å². The fourth-order valence-corrected chi connectivity index (χ4v) is 2.30. The predicted molar refractivity (Wildman–Crippen MR) is 91.4 cm³/mol. The van der Waals surface area contributed by atoms with Crippen LogP contribution >= 0.6 is 0 Å². The quantitative estimate of drug-likeness (QED) is 0.776. The Bertz CT molecular complexity index is 788. The van der Waals surface area contributed by atoms with Crippen LogP contribution in [0.25, 0.3) is 11.3 Å². The van der Waals surface area contributed by atoms with Crippen LogP contribution in [0.2, 0.25) is 0 Å². The van der Waals surface area contributed by atoms with E-state index in [9.17, 15) is 0 Å². The smallest absolute Gasteiger partial charge is 0.237 e. The maximum atomic E-state index is 5.97. The van der Waals surface area contributed by atoms with Gasteiger partial charge in [-0.2, -0.15) is 0 Å². The van der Waals surface area contributed by atoms with Crippen LogP contribution in [-0.2, 0) is 6.61 Å². The number of pyridine rings is 1. The van der Waals surface area contributed by atoms with Crippen molar-refractivity contribution in [2.75, 3.05) is 12.8 Å². The van der Waals surface area contributed by atoms with Gasteiger partial charge in [-0.15, -0.1) is 0 Å². The standard InChI is InChI=1S/C19H18N2O2/c1-22-19-16(20)11-12-17(21-19)15-9-5-6-10-18(15)23-13-14-7-3-2-4-8-14/h2-12H,13,20H2,1H3. The van der Waals surface area contributed by atoms with Crippen molar-refractivity contribution < 1.29 is 9.47 Å². The van der Waals surface area contributed by atoms with Crippen molar-refractivity contribution in [3.05, 3.63) is 72.3 Å². The number of benzene rings is 2. The van der Waals surface area contributed by atoms with E-state index in [4.69, 9.17) is 15.2 Å². The lowest BCUT2D eigenvalue weighted by atomic mass is 10.1. The number of nitrogen functional groups attached to an aromatic ring is 1. The van der Waals surface area contributed by atoms with Crippen molar-refractivity contribution >= 4 is 5.69 Å². The zero-order valence-corrected chi connectivity index (χ0v) is 12.9. The molecule has 4 heteroatoms. The van der Waals surface area contributed by atoms with Crippen LogP contribution in [0.15, 0.2) is 66.7 Å². The lowest BCUT2D eigenvalue weighted by Crippen LogP contribution is -1.99. The largest absolute Gasteiger partial charge is 0.488 e. The number of methoxy groups -OCH3 is 1. The second-order valence-corrected chi connectivity index (χ2v) is 5.07. The van der Waals surface area contributed by atoms with Gasteiger partial charge in [0.2, 0.25) is 5.88 Å². The van der Waals surface area contributed by atoms with E-state index in [0.717, 1.165) is 22.6 Å². The minimum Gasteiger partial charge on any atom is -0.488 e. The van der Waals surface area contributed by atoms with Crippen LogP contribution in [0.4, 0.5) is 5.69 Å². The van der Waals surface area contributed by atoms with E-state index in [2.05, 4.69) is 4.98 Å². The van der Waals surface area contributed by atoms with E-state index >= 15 is 0 Å². The van der Waals surface area contributed by atoms with E-state index in [1.165, 1.54) is 0 Å². The van der Waals surface area contributed by atoms with Crippen molar-refractivity contribution in [1.29, 1.82) is 0 Å². The van der Waals surface area contributed by atoms with Gasteiger partial charge in [0.05, 0.1) is 18.5 Å². The zero-order valence-electron chi connectivity index (χ0n) is 12.9. The number of hydrogen-bond acceptors (Lipinski definition) is 4. The molecule has 0 bridgehead atoms. The van der Waals surface area contributed by atoms with Gasteiger partial charge in [0.1, 0.15) is 12.4 Å². The molecule has 0 aliphatic rings. The van der Waals surface area contributed by atoms with Crippen LogP contribution in [0.1, 0.15) is 5.56 Å². The van der Waals surface area contributed by atoms with Crippen LogP contribution in [0.5, 0.6) is 11.6 Å². The molecular formula is C19H18N2O2. The first-order valence-corrected chi connectivity index (χ1v) is 7.34. The Morgan fingerprint density at radius 3 is 2.43 bits per heavy atom. The summed E-state index contributed by atoms with van der Waals surface area (Å²) < 4.78 is 11.2. The molecule has 0 saturated carbocycles. The normalized spacial score (nSPS) is 10.3. The second-order valence-electron chi connectivity index (χ2n) is 5.07. The maximum absolute atomic E-state index is 5.97. The topological polar surface area (TPSA) is 57.4 Å². The summed E-state index contributed by atoms with van der Waals surface area (Å²) in [4.78, 5) is 4.45. The summed E-state index contributed by atoms with van der Waals surface area (Å²) in [5, 5.41) is 0. The number of nitrogens with zero attached hydrogens (tertiary/aromatic N) is 1. The molecule has 0 aliphatic heterocycles. The first kappa shape index (κ1) is 14.9. The van der Waals surface area contributed by atoms with Gasteiger partial charge in [-0.3, -0.25) is 0 Å². The van der Waals surface area contributed by atoms with Gasteiger partial charge in [-0.05, 0) is 29.8 Å². The number of rotatable bonds is 5. The van der Waals surface area contributed by atoms with Crippen LogP contribution in [-0.4, -0.2) is 12.1 Å². The Hall–Kier alpha value is -3.01. The fourth-order valence-electron chi connectivity index (χ4n) is 2.30. The molecule has 2 aromatic carbocycles. The van der Waals surface area contributed by atoms with Crippen LogP contribution in [0.3, 0.4) is 0 Å². The van der Waals surface area contributed by atoms with Gasteiger partial charge in [0, 0.05) is 5.56 Å². The molecule has 3 rings (SSSR count). The Labute approximate surface area is 135 Å². The lowest BCUT2D eigenvalue weighted by Gasteiger charge is -2.12. The Kier molecular flexibility index (Phi) is 4.43. The number of aromatic nitrogens is 1. The molecule has 0 fully saturated rings. The lowest BCUT2D eigenvalue weighted by molar-refractivity contribution is 0.307. The van der Waals surface area contributed by atoms with E-state index in [1.54, 1.807) is 13.2 Å². The molecule has 116 valence electrons. The summed E-state index contributed by atoms with van der Waals surface area (Å²) in [5.41, 5.74) is 9.13. The monoisotopic (exact) mass is 306 g/mol. The molecule has 0 amide bonds. The summed E-state index contributed by atoms with van der Waals surface area (Å²) in [6, 6.07) is 21.5. The second kappa shape index (κ2) is 6.83. The fraction of sp³-hybridized carbons (Fsp3) is 0.105. The third-order valence-electron chi connectivity index (χ3n) is 3.48. The molecule has 3 aromatic rings. The maximum Gasteiger partial charge on any atom is 0.237 e. The molecule has 0 atom stereocenters. The number of ether oxygens (including phenoxy) is 2. The Morgan fingerprint density at radius 1 is 0.913 bits per heavy atom. The summed E-state index contributed by atoms with van der Waals surface area (Å²) in [7, 11) is 1.56. The third-order valence-corrected chi connectivity index (χ3v) is 3.48. The van der Waals surface area contributed by atoms with E-state index in [-0.39, 0.29) is 0 Å². The van der Waals surface area contributed by atoms with E-state index in [0.29, 0.717) is 18.2 Å². The molecule has 0 aliphatic carbocycles. The number of anilines is 1. The molecule has 4 nitrogen and oxygen atoms in total. The summed E-state index contributed by atoms with van der Waals surface area (Å²) in [6.07, 6.45) is 0. The van der Waals surface area contributed by atoms with Gasteiger partial charge >= 0.3 is 0 Å². The van der Waals surface area contributed by atoms with Crippen molar-refractivity contribution in [2.24, 2.45) is 0 Å². The predicted octanol–water partition coefficient (Wildman–Crippen LogP) is 3.92. The first-order valence-electron chi connectivity index (χ1n) is 7.34.